The predicted molar refractivity (Wildman–Crippen MR) is 56.5 cm³/mol. The van der Waals surface area contributed by atoms with Gasteiger partial charge in [0.1, 0.15) is 0 Å². The fourth-order valence-electron chi connectivity index (χ4n) is 0.972. The molecular weight excluding hydrogens is 340 g/mol. The average molecular weight is 345 g/mol. The van der Waals surface area contributed by atoms with Crippen molar-refractivity contribution >= 4 is 37.8 Å². The maximum absolute atomic E-state index is 12.5. The number of aromatic nitrogens is 1. The lowest BCUT2D eigenvalue weighted by Gasteiger charge is -2.07. The van der Waals surface area contributed by atoms with Gasteiger partial charge in [0.15, 0.2) is 5.69 Å². The molecule has 3 nitrogen and oxygen atoms in total. The summed E-state index contributed by atoms with van der Waals surface area (Å²) >= 11 is 6.12. The summed E-state index contributed by atoms with van der Waals surface area (Å²) in [6.07, 6.45) is -2.86. The van der Waals surface area contributed by atoms with E-state index in [0.717, 1.165) is 6.07 Å². The lowest BCUT2D eigenvalue weighted by Crippen LogP contribution is -2.08. The van der Waals surface area contributed by atoms with Gasteiger partial charge in [0.25, 0.3) is 6.43 Å². The van der Waals surface area contributed by atoms with Gasteiger partial charge in [-0.05, 0) is 22.0 Å². The van der Waals surface area contributed by atoms with Gasteiger partial charge in [-0.15, -0.1) is 0 Å². The number of aromatic carboxylic acids is 1. The molecule has 0 spiro atoms. The molecule has 1 heterocycles. The van der Waals surface area contributed by atoms with Gasteiger partial charge in [0.05, 0.1) is 11.3 Å². The summed E-state index contributed by atoms with van der Waals surface area (Å²) < 4.78 is 25.3. The van der Waals surface area contributed by atoms with Crippen molar-refractivity contribution in [1.82, 2.24) is 4.98 Å². The molecule has 0 aliphatic heterocycles. The fourth-order valence-corrected chi connectivity index (χ4v) is 2.25. The zero-order valence-electron chi connectivity index (χ0n) is 7.18. The van der Waals surface area contributed by atoms with Crippen LogP contribution in [-0.4, -0.2) is 16.1 Å². The van der Waals surface area contributed by atoms with Crippen LogP contribution in [0.3, 0.4) is 0 Å². The molecule has 0 unspecified atom stereocenters. The van der Waals surface area contributed by atoms with Crippen LogP contribution in [0.25, 0.3) is 0 Å². The van der Waals surface area contributed by atoms with Gasteiger partial charge in [-0.2, -0.15) is 0 Å². The number of halogens is 4. The quantitative estimate of drug-likeness (QED) is 0.855. The normalized spacial score (nSPS) is 10.7. The van der Waals surface area contributed by atoms with Gasteiger partial charge in [-0.25, -0.2) is 18.6 Å². The van der Waals surface area contributed by atoms with Crippen molar-refractivity contribution in [2.75, 3.05) is 0 Å². The number of rotatable bonds is 3. The number of carboxylic acid groups (broad SMARTS) is 1. The summed E-state index contributed by atoms with van der Waals surface area (Å²) in [5.41, 5.74) is -0.821. The van der Waals surface area contributed by atoms with E-state index in [1.807, 2.05) is 0 Å². The zero-order chi connectivity index (χ0) is 11.6. The van der Waals surface area contributed by atoms with Crippen LogP contribution >= 0.6 is 31.9 Å². The molecule has 82 valence electrons. The lowest BCUT2D eigenvalue weighted by molar-refractivity contribution is 0.0676. The zero-order valence-corrected chi connectivity index (χ0v) is 10.3. The van der Waals surface area contributed by atoms with Crippen molar-refractivity contribution in [3.8, 4) is 0 Å². The van der Waals surface area contributed by atoms with Crippen LogP contribution in [0.15, 0.2) is 10.5 Å². The first kappa shape index (κ1) is 12.5. The smallest absolute Gasteiger partial charge is 0.355 e. The van der Waals surface area contributed by atoms with Crippen molar-refractivity contribution in [2.24, 2.45) is 0 Å². The van der Waals surface area contributed by atoms with E-state index in [2.05, 4.69) is 36.8 Å². The highest BCUT2D eigenvalue weighted by Gasteiger charge is 2.21. The van der Waals surface area contributed by atoms with Crippen LogP contribution in [0.5, 0.6) is 0 Å². The molecular formula is C8H5Br2F2NO2. The number of pyridine rings is 1. The molecule has 15 heavy (non-hydrogen) atoms. The molecule has 1 aromatic heterocycles. The molecule has 1 aromatic rings. The SMILES string of the molecule is O=C(O)c1nc(CBr)c(Br)cc1C(F)F. The van der Waals surface area contributed by atoms with E-state index in [9.17, 15) is 13.6 Å². The summed E-state index contributed by atoms with van der Waals surface area (Å²) in [7, 11) is 0. The number of hydrogen-bond donors (Lipinski definition) is 1. The van der Waals surface area contributed by atoms with Gasteiger partial charge in [0, 0.05) is 9.80 Å². The summed E-state index contributed by atoms with van der Waals surface area (Å²) in [5.74, 6) is -1.46. The minimum Gasteiger partial charge on any atom is -0.476 e. The van der Waals surface area contributed by atoms with Gasteiger partial charge < -0.3 is 5.11 Å². The van der Waals surface area contributed by atoms with E-state index < -0.39 is 23.7 Å². The number of hydrogen-bond acceptors (Lipinski definition) is 2. The Hall–Kier alpha value is -0.560. The van der Waals surface area contributed by atoms with Crippen LogP contribution in [0.2, 0.25) is 0 Å². The second-order valence-electron chi connectivity index (χ2n) is 2.59. The second-order valence-corrected chi connectivity index (χ2v) is 4.01. The maximum Gasteiger partial charge on any atom is 0.355 e. The first-order chi connectivity index (χ1) is 6.97. The predicted octanol–water partition coefficient (Wildman–Crippen LogP) is 3.37. The molecule has 0 fully saturated rings. The van der Waals surface area contributed by atoms with Crippen LogP contribution in [0.4, 0.5) is 8.78 Å². The Balaban J connectivity index is 3.39. The Bertz CT molecular complexity index is 398. The third kappa shape index (κ3) is 2.72. The van der Waals surface area contributed by atoms with Crippen LogP contribution < -0.4 is 0 Å². The summed E-state index contributed by atoms with van der Waals surface area (Å²) in [6.45, 7) is 0. The van der Waals surface area contributed by atoms with E-state index in [-0.39, 0.29) is 5.33 Å². The Labute approximate surface area is 101 Å². The van der Waals surface area contributed by atoms with E-state index in [1.54, 1.807) is 0 Å². The Morgan fingerprint density at radius 1 is 1.60 bits per heavy atom. The third-order valence-corrected chi connectivity index (χ3v) is 2.86. The molecule has 0 bridgehead atoms. The highest BCUT2D eigenvalue weighted by molar-refractivity contribution is 9.10. The van der Waals surface area contributed by atoms with Gasteiger partial charge in [-0.1, -0.05) is 15.9 Å². The fraction of sp³-hybridized carbons (Fsp3) is 0.250. The lowest BCUT2D eigenvalue weighted by atomic mass is 10.2. The molecule has 0 saturated carbocycles. The molecule has 0 aromatic carbocycles. The average Bonchev–Trinajstić information content (AvgIpc) is 2.16. The van der Waals surface area contributed by atoms with Gasteiger partial charge in [-0.3, -0.25) is 0 Å². The standard InChI is InChI=1S/C8H5Br2F2NO2/c9-2-5-4(10)1-3(7(11)12)6(13-5)8(14)15/h1,7H,2H2,(H,14,15). The van der Waals surface area contributed by atoms with E-state index in [1.165, 1.54) is 0 Å². The molecule has 0 amide bonds. The molecule has 1 N–H and O–H groups in total. The maximum atomic E-state index is 12.5. The van der Waals surface area contributed by atoms with Crippen molar-refractivity contribution in [3.05, 3.63) is 27.5 Å². The topological polar surface area (TPSA) is 50.2 Å². The summed E-state index contributed by atoms with van der Waals surface area (Å²) in [6, 6.07) is 1.08. The highest BCUT2D eigenvalue weighted by Crippen LogP contribution is 2.28. The molecule has 0 radical (unpaired) electrons. The number of carboxylic acids is 1. The van der Waals surface area contributed by atoms with Crippen molar-refractivity contribution in [2.45, 2.75) is 11.8 Å². The van der Waals surface area contributed by atoms with Gasteiger partial charge >= 0.3 is 5.97 Å². The Morgan fingerprint density at radius 2 is 2.20 bits per heavy atom. The summed E-state index contributed by atoms with van der Waals surface area (Å²) in [5, 5.41) is 8.99. The summed E-state index contributed by atoms with van der Waals surface area (Å²) in [4.78, 5) is 14.3. The molecule has 0 aliphatic carbocycles. The third-order valence-electron chi connectivity index (χ3n) is 1.64. The minimum atomic E-state index is -2.86. The number of nitrogens with zero attached hydrogens (tertiary/aromatic N) is 1. The monoisotopic (exact) mass is 343 g/mol. The van der Waals surface area contributed by atoms with E-state index in [0.29, 0.717) is 10.2 Å². The first-order valence-electron chi connectivity index (χ1n) is 3.74. The first-order valence-corrected chi connectivity index (χ1v) is 5.65. The second kappa shape index (κ2) is 4.98. The van der Waals surface area contributed by atoms with Crippen molar-refractivity contribution in [1.29, 1.82) is 0 Å². The van der Waals surface area contributed by atoms with Gasteiger partial charge in [0.2, 0.25) is 0 Å². The highest BCUT2D eigenvalue weighted by atomic mass is 79.9. The van der Waals surface area contributed by atoms with E-state index >= 15 is 0 Å². The molecule has 7 heteroatoms. The van der Waals surface area contributed by atoms with Crippen LogP contribution in [0, 0.1) is 0 Å². The molecule has 1 rings (SSSR count). The largest absolute Gasteiger partial charge is 0.476 e. The Kier molecular flexibility index (Phi) is 4.15. The van der Waals surface area contributed by atoms with Crippen molar-refractivity contribution < 1.29 is 18.7 Å². The van der Waals surface area contributed by atoms with Crippen molar-refractivity contribution in [3.63, 3.8) is 0 Å². The molecule has 0 atom stereocenters. The van der Waals surface area contributed by atoms with Crippen LogP contribution in [-0.2, 0) is 5.33 Å². The number of alkyl halides is 3. The minimum absolute atomic E-state index is 0.289. The Morgan fingerprint density at radius 3 is 2.60 bits per heavy atom. The van der Waals surface area contributed by atoms with Crippen LogP contribution in [0.1, 0.15) is 28.2 Å². The molecule has 0 aliphatic rings. The number of carbonyl (C=O) groups is 1. The van der Waals surface area contributed by atoms with E-state index in [4.69, 9.17) is 5.11 Å². The molecule has 0 saturated heterocycles.